The maximum atomic E-state index is 12.9. The highest BCUT2D eigenvalue weighted by Crippen LogP contribution is 2.28. The van der Waals surface area contributed by atoms with Crippen LogP contribution in [0.15, 0.2) is 24.3 Å². The third kappa shape index (κ3) is 4.25. The Morgan fingerprint density at radius 1 is 1.03 bits per heavy atom. The summed E-state index contributed by atoms with van der Waals surface area (Å²) in [5.41, 5.74) is 0.576. The topological polar surface area (TPSA) is 84.0 Å². The van der Waals surface area contributed by atoms with E-state index >= 15 is 0 Å². The van der Waals surface area contributed by atoms with Crippen LogP contribution in [-0.4, -0.2) is 58.2 Å². The Hall–Kier alpha value is -2.70. The number of hydrogen-bond acceptors (Lipinski definition) is 5. The van der Waals surface area contributed by atoms with Crippen molar-refractivity contribution in [3.05, 3.63) is 35.4 Å². The predicted molar refractivity (Wildman–Crippen MR) is 111 cm³/mol. The second-order valence-corrected chi connectivity index (χ2v) is 8.71. The third-order valence-electron chi connectivity index (χ3n) is 5.92. The number of ether oxygens (including phenoxy) is 1. The molecule has 0 radical (unpaired) electrons. The van der Waals surface area contributed by atoms with Gasteiger partial charge in [-0.1, -0.05) is 26.0 Å². The van der Waals surface area contributed by atoms with Crippen LogP contribution in [0.25, 0.3) is 0 Å². The zero-order valence-electron chi connectivity index (χ0n) is 18.1. The van der Waals surface area contributed by atoms with Gasteiger partial charge in [0.25, 0.3) is 17.7 Å². The van der Waals surface area contributed by atoms with E-state index < -0.39 is 23.8 Å². The first-order valence-electron chi connectivity index (χ1n) is 10.7. The van der Waals surface area contributed by atoms with Crippen LogP contribution < -0.4 is 0 Å². The number of carbonyl (C=O) groups is 4. The molecule has 2 heterocycles. The van der Waals surface area contributed by atoms with Crippen LogP contribution in [0.2, 0.25) is 0 Å². The Balaban J connectivity index is 1.73. The van der Waals surface area contributed by atoms with Gasteiger partial charge in [0.1, 0.15) is 6.04 Å². The van der Waals surface area contributed by atoms with Gasteiger partial charge in [-0.05, 0) is 57.6 Å². The molecule has 0 saturated carbocycles. The lowest BCUT2D eigenvalue weighted by atomic mass is 9.97. The Morgan fingerprint density at radius 2 is 1.57 bits per heavy atom. The summed E-state index contributed by atoms with van der Waals surface area (Å²) >= 11 is 0. The molecule has 162 valence electrons. The average Bonchev–Trinajstić information content (AvgIpc) is 2.95. The van der Waals surface area contributed by atoms with Crippen LogP contribution in [0.4, 0.5) is 0 Å². The molecule has 2 aliphatic rings. The quantitative estimate of drug-likeness (QED) is 0.528. The highest BCUT2D eigenvalue weighted by Gasteiger charge is 2.43. The molecule has 3 atom stereocenters. The first-order chi connectivity index (χ1) is 14.2. The SMILES string of the molecule is CC(C)CC(C(=O)OCC(=O)N1C(C)CCCC1C)N1C(=O)c2ccccc2C1=O. The van der Waals surface area contributed by atoms with E-state index in [0.717, 1.165) is 24.2 Å². The molecule has 1 aromatic carbocycles. The molecule has 0 aromatic heterocycles. The van der Waals surface area contributed by atoms with Crippen molar-refractivity contribution in [2.24, 2.45) is 5.92 Å². The molecule has 3 rings (SSSR count). The number of carbonyl (C=O) groups excluding carboxylic acids is 4. The Labute approximate surface area is 177 Å². The fourth-order valence-electron chi connectivity index (χ4n) is 4.46. The minimum atomic E-state index is -1.05. The Bertz CT molecular complexity index is 805. The number of benzene rings is 1. The Morgan fingerprint density at radius 3 is 2.07 bits per heavy atom. The van der Waals surface area contributed by atoms with E-state index in [1.54, 1.807) is 29.2 Å². The largest absolute Gasteiger partial charge is 0.454 e. The van der Waals surface area contributed by atoms with Crippen molar-refractivity contribution in [3.63, 3.8) is 0 Å². The molecule has 1 fully saturated rings. The maximum Gasteiger partial charge on any atom is 0.329 e. The maximum absolute atomic E-state index is 12.9. The van der Waals surface area contributed by atoms with Crippen molar-refractivity contribution in [3.8, 4) is 0 Å². The monoisotopic (exact) mass is 414 g/mol. The third-order valence-corrected chi connectivity index (χ3v) is 5.92. The van der Waals surface area contributed by atoms with Gasteiger partial charge in [-0.15, -0.1) is 0 Å². The second-order valence-electron chi connectivity index (χ2n) is 8.71. The van der Waals surface area contributed by atoms with Crippen LogP contribution in [0.5, 0.6) is 0 Å². The van der Waals surface area contributed by atoms with E-state index in [-0.39, 0.29) is 48.1 Å². The normalized spacial score (nSPS) is 22.3. The summed E-state index contributed by atoms with van der Waals surface area (Å²) in [4.78, 5) is 54.0. The fourth-order valence-corrected chi connectivity index (χ4v) is 4.46. The molecule has 7 heteroatoms. The predicted octanol–water partition coefficient (Wildman–Crippen LogP) is 3.03. The number of esters is 1. The van der Waals surface area contributed by atoms with Gasteiger partial charge in [-0.2, -0.15) is 0 Å². The number of piperidine rings is 1. The van der Waals surface area contributed by atoms with Gasteiger partial charge in [0.05, 0.1) is 11.1 Å². The molecule has 30 heavy (non-hydrogen) atoms. The van der Waals surface area contributed by atoms with Crippen LogP contribution >= 0.6 is 0 Å². The Kier molecular flexibility index (Phi) is 6.58. The smallest absolute Gasteiger partial charge is 0.329 e. The summed E-state index contributed by atoms with van der Waals surface area (Å²) in [5, 5.41) is 0. The van der Waals surface area contributed by atoms with Crippen LogP contribution in [0.1, 0.15) is 74.1 Å². The van der Waals surface area contributed by atoms with E-state index in [0.29, 0.717) is 0 Å². The van der Waals surface area contributed by atoms with Gasteiger partial charge in [0.2, 0.25) is 0 Å². The van der Waals surface area contributed by atoms with Gasteiger partial charge in [-0.25, -0.2) is 4.79 Å². The van der Waals surface area contributed by atoms with Gasteiger partial charge in [0, 0.05) is 12.1 Å². The number of amides is 3. The highest BCUT2D eigenvalue weighted by atomic mass is 16.5. The summed E-state index contributed by atoms with van der Waals surface area (Å²) in [7, 11) is 0. The molecule has 3 unspecified atom stereocenters. The first-order valence-corrected chi connectivity index (χ1v) is 10.7. The van der Waals surface area contributed by atoms with Crippen molar-refractivity contribution < 1.29 is 23.9 Å². The number of likely N-dealkylation sites (tertiary alicyclic amines) is 1. The number of nitrogens with zero attached hydrogens (tertiary/aromatic N) is 2. The van der Waals surface area contributed by atoms with Crippen LogP contribution in [-0.2, 0) is 14.3 Å². The molecule has 0 spiro atoms. The van der Waals surface area contributed by atoms with Gasteiger partial charge in [-0.3, -0.25) is 19.3 Å². The van der Waals surface area contributed by atoms with Crippen LogP contribution in [0.3, 0.4) is 0 Å². The van der Waals surface area contributed by atoms with E-state index in [9.17, 15) is 19.2 Å². The lowest BCUT2D eigenvalue weighted by Crippen LogP contribution is -2.50. The van der Waals surface area contributed by atoms with Crippen LogP contribution in [0, 0.1) is 5.92 Å². The lowest BCUT2D eigenvalue weighted by Gasteiger charge is -2.39. The first kappa shape index (κ1) is 22.0. The van der Waals surface area contributed by atoms with E-state index in [1.165, 1.54) is 0 Å². The molecule has 0 N–H and O–H groups in total. The zero-order chi connectivity index (χ0) is 22.0. The average molecular weight is 415 g/mol. The summed E-state index contributed by atoms with van der Waals surface area (Å²) in [6.45, 7) is 7.41. The zero-order valence-corrected chi connectivity index (χ0v) is 18.1. The second kappa shape index (κ2) is 8.98. The number of hydrogen-bond donors (Lipinski definition) is 0. The minimum absolute atomic E-state index is 0.0460. The molecule has 2 aliphatic heterocycles. The van der Waals surface area contributed by atoms with E-state index in [4.69, 9.17) is 4.74 Å². The molecule has 7 nitrogen and oxygen atoms in total. The highest BCUT2D eigenvalue weighted by molar-refractivity contribution is 6.22. The molecular formula is C23H30N2O5. The van der Waals surface area contributed by atoms with E-state index in [2.05, 4.69) is 0 Å². The standard InChI is InChI=1S/C23H30N2O5/c1-14(2)12-19(25-21(27)17-10-5-6-11-18(17)22(25)28)23(29)30-13-20(26)24-15(3)8-7-9-16(24)4/h5-6,10-11,14-16,19H,7-9,12-13H2,1-4H3. The number of imide groups is 1. The van der Waals surface area contributed by atoms with Gasteiger partial charge >= 0.3 is 5.97 Å². The van der Waals surface area contributed by atoms with Crippen molar-refractivity contribution >= 4 is 23.7 Å². The molecule has 1 saturated heterocycles. The molecule has 3 amide bonds. The van der Waals surface area contributed by atoms with Gasteiger partial charge < -0.3 is 9.64 Å². The molecular weight excluding hydrogens is 384 g/mol. The van der Waals surface area contributed by atoms with Crippen molar-refractivity contribution in [1.82, 2.24) is 9.80 Å². The van der Waals surface area contributed by atoms with Crippen molar-refractivity contribution in [2.45, 2.75) is 71.5 Å². The lowest BCUT2D eigenvalue weighted by molar-refractivity contribution is -0.158. The summed E-state index contributed by atoms with van der Waals surface area (Å²) in [5.74, 6) is -1.91. The van der Waals surface area contributed by atoms with Crippen molar-refractivity contribution in [2.75, 3.05) is 6.61 Å². The van der Waals surface area contributed by atoms with Gasteiger partial charge in [0.15, 0.2) is 6.61 Å². The summed E-state index contributed by atoms with van der Waals surface area (Å²) < 4.78 is 5.35. The van der Waals surface area contributed by atoms with Crippen molar-refractivity contribution in [1.29, 1.82) is 0 Å². The van der Waals surface area contributed by atoms with E-state index in [1.807, 2.05) is 27.7 Å². The number of rotatable bonds is 6. The fraction of sp³-hybridized carbons (Fsp3) is 0.565. The molecule has 0 bridgehead atoms. The number of fused-ring (bicyclic) bond motifs is 1. The minimum Gasteiger partial charge on any atom is -0.454 e. The summed E-state index contributed by atoms with van der Waals surface area (Å²) in [6, 6.07) is 5.67. The molecule has 1 aromatic rings. The summed E-state index contributed by atoms with van der Waals surface area (Å²) in [6.07, 6.45) is 3.20. The molecule has 0 aliphatic carbocycles.